The zero-order chi connectivity index (χ0) is 18.6. The number of hydrogen-bond acceptors (Lipinski definition) is 4. The Hall–Kier alpha value is -1.95. The van der Waals surface area contributed by atoms with Gasteiger partial charge in [-0.1, -0.05) is 13.8 Å². The molecule has 6 nitrogen and oxygen atoms in total. The molecule has 0 bridgehead atoms. The van der Waals surface area contributed by atoms with Crippen molar-refractivity contribution < 1.29 is 19.4 Å². The van der Waals surface area contributed by atoms with E-state index in [0.717, 1.165) is 6.42 Å². The third-order valence-corrected chi connectivity index (χ3v) is 4.90. The Morgan fingerprint density at radius 2 is 2.12 bits per heavy atom. The van der Waals surface area contributed by atoms with E-state index in [2.05, 4.69) is 19.2 Å². The van der Waals surface area contributed by atoms with E-state index in [0.29, 0.717) is 42.6 Å². The smallest absolute Gasteiger partial charge is 0.321 e. The molecule has 0 aliphatic carbocycles. The largest absolute Gasteiger partial charge is 0.497 e. The number of anilines is 1. The molecule has 1 fully saturated rings. The lowest BCUT2D eigenvalue weighted by Gasteiger charge is -2.43. The fourth-order valence-electron chi connectivity index (χ4n) is 3.31. The number of piperidine rings is 1. The molecule has 0 aromatic heterocycles. The monoisotopic (exact) mass is 350 g/mol. The number of carbonyl (C=O) groups excluding carboxylic acids is 1. The van der Waals surface area contributed by atoms with Crippen molar-refractivity contribution in [1.82, 2.24) is 4.90 Å². The Morgan fingerprint density at radius 3 is 2.72 bits per heavy atom. The molecule has 0 saturated carbocycles. The highest BCUT2D eigenvalue weighted by molar-refractivity contribution is 5.91. The predicted octanol–water partition coefficient (Wildman–Crippen LogP) is 3.35. The van der Waals surface area contributed by atoms with Crippen LogP contribution in [0, 0.1) is 11.8 Å². The number of urea groups is 1. The highest BCUT2D eigenvalue weighted by atomic mass is 16.5. The zero-order valence-corrected chi connectivity index (χ0v) is 15.8. The molecule has 2 rings (SSSR count). The summed E-state index contributed by atoms with van der Waals surface area (Å²) < 4.78 is 10.5. The molecular formula is C19H30N2O4. The van der Waals surface area contributed by atoms with Crippen molar-refractivity contribution >= 4 is 11.7 Å². The maximum Gasteiger partial charge on any atom is 0.321 e. The van der Waals surface area contributed by atoms with Crippen LogP contribution in [0.2, 0.25) is 0 Å². The van der Waals surface area contributed by atoms with Crippen LogP contribution in [0.5, 0.6) is 11.5 Å². The van der Waals surface area contributed by atoms with Crippen LogP contribution in [-0.4, -0.2) is 48.9 Å². The summed E-state index contributed by atoms with van der Waals surface area (Å²) in [6.45, 7) is 7.22. The second kappa shape index (κ2) is 7.95. The number of hydrogen-bond donors (Lipinski definition) is 2. The summed E-state index contributed by atoms with van der Waals surface area (Å²) >= 11 is 0. The van der Waals surface area contributed by atoms with Crippen LogP contribution >= 0.6 is 0 Å². The van der Waals surface area contributed by atoms with Crippen molar-refractivity contribution in [2.24, 2.45) is 11.8 Å². The maximum absolute atomic E-state index is 12.7. The van der Waals surface area contributed by atoms with Gasteiger partial charge in [0.15, 0.2) is 0 Å². The van der Waals surface area contributed by atoms with Gasteiger partial charge in [-0.15, -0.1) is 0 Å². The normalized spacial score (nSPS) is 23.5. The van der Waals surface area contributed by atoms with E-state index in [1.54, 1.807) is 37.3 Å². The van der Waals surface area contributed by atoms with Gasteiger partial charge in [0.2, 0.25) is 0 Å². The molecule has 0 radical (unpaired) electrons. The second-order valence-electron chi connectivity index (χ2n) is 7.38. The lowest BCUT2D eigenvalue weighted by Crippen LogP contribution is -2.53. The van der Waals surface area contributed by atoms with Crippen molar-refractivity contribution in [2.75, 3.05) is 32.6 Å². The lowest BCUT2D eigenvalue weighted by atomic mass is 9.78. The first kappa shape index (κ1) is 19.4. The second-order valence-corrected chi connectivity index (χ2v) is 7.38. The molecule has 1 saturated heterocycles. The van der Waals surface area contributed by atoms with Gasteiger partial charge in [0.05, 0.1) is 25.5 Å². The Labute approximate surface area is 150 Å². The molecule has 0 unspecified atom stereocenters. The summed E-state index contributed by atoms with van der Waals surface area (Å²) in [6.07, 6.45) is 1.46. The topological polar surface area (TPSA) is 71.0 Å². The van der Waals surface area contributed by atoms with Crippen molar-refractivity contribution in [2.45, 2.75) is 39.2 Å². The minimum Gasteiger partial charge on any atom is -0.497 e. The number of rotatable bonds is 5. The standard InChI is InChI=1S/C19H30N2O4/c1-13(2)10-14-12-21(9-8-19(14,3)23)18(22)20-16-11-15(24-4)6-7-17(16)25-5/h6-7,11,13-14,23H,8-10,12H2,1-5H3,(H,20,22)/t14-,19+/m0/s1. The minimum absolute atomic E-state index is 0.0687. The molecule has 2 amide bonds. The van der Waals surface area contributed by atoms with Crippen LogP contribution in [0.25, 0.3) is 0 Å². The summed E-state index contributed by atoms with van der Waals surface area (Å²) in [6, 6.07) is 5.10. The maximum atomic E-state index is 12.7. The van der Waals surface area contributed by atoms with E-state index < -0.39 is 5.60 Å². The van der Waals surface area contributed by atoms with E-state index in [1.807, 2.05) is 6.92 Å². The predicted molar refractivity (Wildman–Crippen MR) is 98.3 cm³/mol. The molecule has 0 spiro atoms. The SMILES string of the molecule is COc1ccc(OC)c(NC(=O)N2CC[C@@](C)(O)[C@@H](CC(C)C)C2)c1. The molecule has 1 aliphatic heterocycles. The molecule has 1 aliphatic rings. The van der Waals surface area contributed by atoms with Gasteiger partial charge in [-0.2, -0.15) is 0 Å². The lowest BCUT2D eigenvalue weighted by molar-refractivity contribution is -0.0540. The van der Waals surface area contributed by atoms with Gasteiger partial charge in [0, 0.05) is 25.1 Å². The number of methoxy groups -OCH3 is 2. The van der Waals surface area contributed by atoms with Crippen LogP contribution in [0.15, 0.2) is 18.2 Å². The average molecular weight is 350 g/mol. The molecule has 1 aromatic carbocycles. The summed E-state index contributed by atoms with van der Waals surface area (Å²) in [5, 5.41) is 13.5. The molecule has 2 N–H and O–H groups in total. The number of likely N-dealkylation sites (tertiary alicyclic amines) is 1. The van der Waals surface area contributed by atoms with Crippen LogP contribution in [0.3, 0.4) is 0 Å². The van der Waals surface area contributed by atoms with Gasteiger partial charge < -0.3 is 24.8 Å². The summed E-state index contributed by atoms with van der Waals surface area (Å²) in [5.74, 6) is 1.77. The molecule has 25 heavy (non-hydrogen) atoms. The van der Waals surface area contributed by atoms with E-state index in [4.69, 9.17) is 9.47 Å². The number of carbonyl (C=O) groups is 1. The number of nitrogens with zero attached hydrogens (tertiary/aromatic N) is 1. The van der Waals surface area contributed by atoms with Crippen LogP contribution in [0.1, 0.15) is 33.6 Å². The van der Waals surface area contributed by atoms with E-state index in [9.17, 15) is 9.90 Å². The number of aliphatic hydroxyl groups is 1. The van der Waals surface area contributed by atoms with E-state index in [-0.39, 0.29) is 11.9 Å². The molecule has 1 heterocycles. The fraction of sp³-hybridized carbons (Fsp3) is 0.632. The Balaban J connectivity index is 2.10. The third kappa shape index (κ3) is 4.78. The highest BCUT2D eigenvalue weighted by Crippen LogP contribution is 2.33. The number of benzene rings is 1. The zero-order valence-electron chi connectivity index (χ0n) is 15.8. The summed E-state index contributed by atoms with van der Waals surface area (Å²) in [5.41, 5.74) is -0.154. The Morgan fingerprint density at radius 1 is 1.40 bits per heavy atom. The van der Waals surface area contributed by atoms with Crippen LogP contribution < -0.4 is 14.8 Å². The fourth-order valence-corrected chi connectivity index (χ4v) is 3.31. The first-order chi connectivity index (χ1) is 11.8. The third-order valence-electron chi connectivity index (χ3n) is 4.90. The number of amides is 2. The first-order valence-electron chi connectivity index (χ1n) is 8.77. The highest BCUT2D eigenvalue weighted by Gasteiger charge is 2.39. The Bertz CT molecular complexity index is 601. The summed E-state index contributed by atoms with van der Waals surface area (Å²) in [7, 11) is 3.14. The van der Waals surface area contributed by atoms with Gasteiger partial charge in [0.1, 0.15) is 11.5 Å². The van der Waals surface area contributed by atoms with Gasteiger partial charge in [-0.05, 0) is 37.8 Å². The number of ether oxygens (including phenoxy) is 2. The first-order valence-corrected chi connectivity index (χ1v) is 8.77. The number of nitrogens with one attached hydrogen (secondary N) is 1. The van der Waals surface area contributed by atoms with Gasteiger partial charge in [-0.3, -0.25) is 0 Å². The van der Waals surface area contributed by atoms with Gasteiger partial charge in [0.25, 0.3) is 0 Å². The minimum atomic E-state index is -0.727. The Kier molecular flexibility index (Phi) is 6.16. The van der Waals surface area contributed by atoms with Crippen LogP contribution in [-0.2, 0) is 0 Å². The molecule has 6 heteroatoms. The van der Waals surface area contributed by atoms with Crippen molar-refractivity contribution in [3.05, 3.63) is 18.2 Å². The molecular weight excluding hydrogens is 320 g/mol. The quantitative estimate of drug-likeness (QED) is 0.854. The van der Waals surface area contributed by atoms with Crippen molar-refractivity contribution in [3.8, 4) is 11.5 Å². The van der Waals surface area contributed by atoms with Gasteiger partial charge in [-0.25, -0.2) is 4.79 Å². The van der Waals surface area contributed by atoms with Crippen molar-refractivity contribution in [1.29, 1.82) is 0 Å². The molecule has 1 aromatic rings. The average Bonchev–Trinajstić information content (AvgIpc) is 2.56. The van der Waals surface area contributed by atoms with E-state index >= 15 is 0 Å². The molecule has 2 atom stereocenters. The van der Waals surface area contributed by atoms with E-state index in [1.165, 1.54) is 0 Å². The summed E-state index contributed by atoms with van der Waals surface area (Å²) in [4.78, 5) is 14.5. The van der Waals surface area contributed by atoms with Crippen LogP contribution in [0.4, 0.5) is 10.5 Å². The molecule has 140 valence electrons. The van der Waals surface area contributed by atoms with Gasteiger partial charge >= 0.3 is 6.03 Å². The van der Waals surface area contributed by atoms with Crippen molar-refractivity contribution in [3.63, 3.8) is 0 Å².